The average Bonchev–Trinajstić information content (AvgIpc) is 2.85. The lowest BCUT2D eigenvalue weighted by Gasteiger charge is -2.18. The highest BCUT2D eigenvalue weighted by Crippen LogP contribution is 2.16. The molecule has 0 bridgehead atoms. The summed E-state index contributed by atoms with van der Waals surface area (Å²) < 4.78 is 0. The van der Waals surface area contributed by atoms with E-state index in [9.17, 15) is 9.59 Å². The molecule has 4 nitrogen and oxygen atoms in total. The molecule has 2 N–H and O–H groups in total. The maximum atomic E-state index is 12.1. The van der Waals surface area contributed by atoms with E-state index in [0.717, 1.165) is 12.0 Å². The van der Waals surface area contributed by atoms with Gasteiger partial charge in [0.15, 0.2) is 0 Å². The van der Waals surface area contributed by atoms with E-state index in [2.05, 4.69) is 48.7 Å². The van der Waals surface area contributed by atoms with Crippen LogP contribution < -0.4 is 10.6 Å². The molecule has 1 aromatic rings. The van der Waals surface area contributed by atoms with Gasteiger partial charge in [0.05, 0.1) is 6.04 Å². The third-order valence-corrected chi connectivity index (χ3v) is 3.79. The molecule has 0 saturated carbocycles. The molecule has 0 aromatic heterocycles. The Balaban J connectivity index is 1.92. The fourth-order valence-electron chi connectivity index (χ4n) is 2.62. The monoisotopic (exact) mass is 288 g/mol. The lowest BCUT2D eigenvalue weighted by Crippen LogP contribution is -2.42. The first kappa shape index (κ1) is 15.5. The van der Waals surface area contributed by atoms with Crippen molar-refractivity contribution in [3.8, 4) is 0 Å². The molecule has 2 rings (SSSR count). The van der Waals surface area contributed by atoms with Crippen LogP contribution in [0.5, 0.6) is 0 Å². The Morgan fingerprint density at radius 1 is 1.29 bits per heavy atom. The molecule has 1 aliphatic heterocycles. The fourth-order valence-corrected chi connectivity index (χ4v) is 2.62. The van der Waals surface area contributed by atoms with Crippen molar-refractivity contribution in [3.63, 3.8) is 0 Å². The van der Waals surface area contributed by atoms with Crippen LogP contribution in [0.1, 0.15) is 50.8 Å². The van der Waals surface area contributed by atoms with Gasteiger partial charge in [-0.15, -0.1) is 0 Å². The van der Waals surface area contributed by atoms with Gasteiger partial charge in [0.1, 0.15) is 6.04 Å². The van der Waals surface area contributed by atoms with Crippen molar-refractivity contribution in [1.29, 1.82) is 0 Å². The van der Waals surface area contributed by atoms with Gasteiger partial charge in [0.25, 0.3) is 0 Å². The van der Waals surface area contributed by atoms with Crippen molar-refractivity contribution in [1.82, 2.24) is 10.6 Å². The Morgan fingerprint density at radius 2 is 1.95 bits per heavy atom. The van der Waals surface area contributed by atoms with Crippen LogP contribution in [0.15, 0.2) is 24.3 Å². The molecule has 1 saturated heterocycles. The summed E-state index contributed by atoms with van der Waals surface area (Å²) in [5, 5.41) is 5.66. The molecule has 0 spiro atoms. The third kappa shape index (κ3) is 4.31. The highest BCUT2D eigenvalue weighted by Gasteiger charge is 2.27. The predicted octanol–water partition coefficient (Wildman–Crippen LogP) is 2.34. The van der Waals surface area contributed by atoms with Crippen LogP contribution in [-0.4, -0.2) is 17.9 Å². The van der Waals surface area contributed by atoms with E-state index in [1.165, 1.54) is 5.56 Å². The van der Waals surface area contributed by atoms with Crippen LogP contribution in [0.2, 0.25) is 0 Å². The quantitative estimate of drug-likeness (QED) is 0.873. The molecule has 0 radical (unpaired) electrons. The normalized spacial score (nSPS) is 19.4. The Bertz CT molecular complexity index is 508. The minimum atomic E-state index is -0.375. The zero-order valence-electron chi connectivity index (χ0n) is 13.0. The van der Waals surface area contributed by atoms with Crippen LogP contribution in [0, 0.1) is 5.92 Å². The lowest BCUT2D eigenvalue weighted by atomic mass is 10.00. The largest absolute Gasteiger partial charge is 0.348 e. The molecule has 114 valence electrons. The standard InChI is InChI=1S/C17H24N2O2/c1-11(2)10-13-4-6-14(7-5-13)12(3)18-17(21)15-8-9-16(20)19-15/h4-7,11-12,15H,8-10H2,1-3H3,(H,18,21)(H,19,20). The van der Waals surface area contributed by atoms with Gasteiger partial charge in [-0.05, 0) is 36.8 Å². The van der Waals surface area contributed by atoms with Crippen molar-refractivity contribution >= 4 is 11.8 Å². The van der Waals surface area contributed by atoms with Gasteiger partial charge in [-0.2, -0.15) is 0 Å². The van der Waals surface area contributed by atoms with E-state index < -0.39 is 0 Å². The van der Waals surface area contributed by atoms with Crippen LogP contribution in [0.3, 0.4) is 0 Å². The number of nitrogens with one attached hydrogen (secondary N) is 2. The van der Waals surface area contributed by atoms with Crippen LogP contribution in [0.4, 0.5) is 0 Å². The van der Waals surface area contributed by atoms with E-state index in [1.54, 1.807) is 0 Å². The number of rotatable bonds is 5. The first-order chi connectivity index (χ1) is 9.95. The summed E-state index contributed by atoms with van der Waals surface area (Å²) >= 11 is 0. The number of amides is 2. The molecule has 1 fully saturated rings. The molecule has 0 aliphatic carbocycles. The van der Waals surface area contributed by atoms with Crippen LogP contribution >= 0.6 is 0 Å². The van der Waals surface area contributed by atoms with E-state index in [0.29, 0.717) is 18.8 Å². The number of hydrogen-bond acceptors (Lipinski definition) is 2. The molecule has 2 atom stereocenters. The zero-order valence-corrected chi connectivity index (χ0v) is 13.0. The van der Waals surface area contributed by atoms with Gasteiger partial charge in [0, 0.05) is 6.42 Å². The molecular formula is C17H24N2O2. The molecule has 2 amide bonds. The molecular weight excluding hydrogens is 264 g/mol. The average molecular weight is 288 g/mol. The second kappa shape index (κ2) is 6.74. The molecule has 4 heteroatoms. The summed E-state index contributed by atoms with van der Waals surface area (Å²) in [7, 11) is 0. The Kier molecular flexibility index (Phi) is 4.99. The second-order valence-corrected chi connectivity index (χ2v) is 6.23. The number of carbonyl (C=O) groups is 2. The van der Waals surface area contributed by atoms with Crippen molar-refractivity contribution in [2.75, 3.05) is 0 Å². The highest BCUT2D eigenvalue weighted by molar-refractivity contribution is 5.90. The summed E-state index contributed by atoms with van der Waals surface area (Å²) in [6, 6.07) is 7.94. The Labute approximate surface area is 126 Å². The molecule has 1 heterocycles. The van der Waals surface area contributed by atoms with Crippen molar-refractivity contribution in [2.24, 2.45) is 5.92 Å². The smallest absolute Gasteiger partial charge is 0.243 e. The van der Waals surface area contributed by atoms with Gasteiger partial charge in [0.2, 0.25) is 11.8 Å². The zero-order chi connectivity index (χ0) is 15.4. The van der Waals surface area contributed by atoms with Crippen molar-refractivity contribution in [2.45, 2.75) is 52.1 Å². The molecule has 1 aliphatic rings. The summed E-state index contributed by atoms with van der Waals surface area (Å²) in [4.78, 5) is 23.2. The van der Waals surface area contributed by atoms with E-state index in [1.807, 2.05) is 6.92 Å². The minimum absolute atomic E-state index is 0.0409. The van der Waals surface area contributed by atoms with Gasteiger partial charge >= 0.3 is 0 Å². The maximum Gasteiger partial charge on any atom is 0.243 e. The SMILES string of the molecule is CC(C)Cc1ccc(C(C)NC(=O)C2CCC(=O)N2)cc1. The predicted molar refractivity (Wildman–Crippen MR) is 82.7 cm³/mol. The van der Waals surface area contributed by atoms with Crippen LogP contribution in [-0.2, 0) is 16.0 Å². The highest BCUT2D eigenvalue weighted by atomic mass is 16.2. The maximum absolute atomic E-state index is 12.1. The topological polar surface area (TPSA) is 58.2 Å². The summed E-state index contributed by atoms with van der Waals surface area (Å²) in [6.45, 7) is 6.37. The first-order valence-corrected chi connectivity index (χ1v) is 7.64. The lowest BCUT2D eigenvalue weighted by molar-refractivity contribution is -0.126. The van der Waals surface area contributed by atoms with E-state index in [4.69, 9.17) is 0 Å². The molecule has 21 heavy (non-hydrogen) atoms. The number of hydrogen-bond donors (Lipinski definition) is 2. The summed E-state index contributed by atoms with van der Waals surface area (Å²) in [6.07, 6.45) is 2.09. The third-order valence-electron chi connectivity index (χ3n) is 3.79. The number of carbonyl (C=O) groups excluding carboxylic acids is 2. The van der Waals surface area contributed by atoms with Crippen molar-refractivity contribution < 1.29 is 9.59 Å². The van der Waals surface area contributed by atoms with Crippen LogP contribution in [0.25, 0.3) is 0 Å². The molecule has 1 aromatic carbocycles. The molecule has 2 unspecified atom stereocenters. The van der Waals surface area contributed by atoms with Gasteiger partial charge in [-0.25, -0.2) is 0 Å². The van der Waals surface area contributed by atoms with Crippen molar-refractivity contribution in [3.05, 3.63) is 35.4 Å². The Morgan fingerprint density at radius 3 is 2.48 bits per heavy atom. The summed E-state index contributed by atoms with van der Waals surface area (Å²) in [5.41, 5.74) is 2.40. The number of benzene rings is 1. The van der Waals surface area contributed by atoms with E-state index in [-0.39, 0.29) is 23.9 Å². The van der Waals surface area contributed by atoms with Gasteiger partial charge in [-0.1, -0.05) is 38.1 Å². The minimum Gasteiger partial charge on any atom is -0.348 e. The first-order valence-electron chi connectivity index (χ1n) is 7.64. The second-order valence-electron chi connectivity index (χ2n) is 6.23. The Hall–Kier alpha value is -1.84. The van der Waals surface area contributed by atoms with Gasteiger partial charge in [-0.3, -0.25) is 9.59 Å². The summed E-state index contributed by atoms with van der Waals surface area (Å²) in [5.74, 6) is 0.499. The van der Waals surface area contributed by atoms with Gasteiger partial charge < -0.3 is 10.6 Å². The fraction of sp³-hybridized carbons (Fsp3) is 0.529. The van der Waals surface area contributed by atoms with E-state index >= 15 is 0 Å².